The first-order chi connectivity index (χ1) is 31.3. The van der Waals surface area contributed by atoms with Crippen LogP contribution in [0.25, 0.3) is 88.4 Å². The maximum Gasteiger partial charge on any atom is 0.180 e. The second-order valence-electron chi connectivity index (χ2n) is 16.8. The van der Waals surface area contributed by atoms with E-state index in [1.807, 2.05) is 0 Å². The molecule has 0 atom stereocenters. The van der Waals surface area contributed by atoms with Crippen molar-refractivity contribution in [2.45, 2.75) is 0 Å². The lowest BCUT2D eigenvalue weighted by Crippen LogP contribution is -2.75. The molecule has 12 aromatic rings. The summed E-state index contributed by atoms with van der Waals surface area (Å²) >= 11 is 0. The Balaban J connectivity index is 1.03. The third kappa shape index (κ3) is 5.24. The van der Waals surface area contributed by atoms with E-state index >= 15 is 0 Å². The van der Waals surface area contributed by atoms with Crippen molar-refractivity contribution in [2.24, 2.45) is 0 Å². The number of nitrogens with zero attached hydrogens (tertiary/aromatic N) is 2. The Labute approximate surface area is 367 Å². The first-order valence-electron chi connectivity index (χ1n) is 21.8. The summed E-state index contributed by atoms with van der Waals surface area (Å²) in [4.78, 5) is 0. The fourth-order valence-corrected chi connectivity index (χ4v) is 16.2. The summed E-state index contributed by atoms with van der Waals surface area (Å²) in [6, 6.07) is 90.7. The van der Waals surface area contributed by atoms with E-state index in [4.69, 9.17) is 0 Å². The Kier molecular flexibility index (Phi) is 7.96. The monoisotopic (exact) mass is 816 g/mol. The highest BCUT2D eigenvalue weighted by atomic mass is 28.3. The van der Waals surface area contributed by atoms with Crippen molar-refractivity contribution in [3.8, 4) is 44.8 Å². The van der Waals surface area contributed by atoms with Gasteiger partial charge in [0.25, 0.3) is 0 Å². The topological polar surface area (TPSA) is 9.86 Å². The van der Waals surface area contributed by atoms with E-state index in [1.54, 1.807) is 0 Å². The van der Waals surface area contributed by atoms with Gasteiger partial charge in [0.05, 0.1) is 22.1 Å². The minimum atomic E-state index is -2.93. The maximum absolute atomic E-state index is 2.93. The maximum atomic E-state index is 2.51. The Morgan fingerprint density at radius 3 is 1.24 bits per heavy atom. The molecule has 0 spiro atoms. The lowest BCUT2D eigenvalue weighted by atomic mass is 9.95. The summed E-state index contributed by atoms with van der Waals surface area (Å²) in [7, 11) is -2.93. The molecule has 13 rings (SSSR count). The van der Waals surface area contributed by atoms with Crippen molar-refractivity contribution in [3.05, 3.63) is 243 Å². The molecule has 0 aliphatic carbocycles. The molecule has 0 amide bonds. The van der Waals surface area contributed by atoms with E-state index in [1.165, 1.54) is 109 Å². The molecule has 63 heavy (non-hydrogen) atoms. The van der Waals surface area contributed by atoms with Gasteiger partial charge >= 0.3 is 0 Å². The number of hydrogen-bond donors (Lipinski definition) is 0. The summed E-state index contributed by atoms with van der Waals surface area (Å²) < 4.78 is 4.88. The Hall–Kier alpha value is -7.98. The minimum absolute atomic E-state index is 1.17. The van der Waals surface area contributed by atoms with E-state index in [2.05, 4.69) is 252 Å². The molecule has 2 nitrogen and oxygen atoms in total. The molecule has 0 saturated heterocycles. The van der Waals surface area contributed by atoms with E-state index in [9.17, 15) is 0 Å². The van der Waals surface area contributed by atoms with Gasteiger partial charge in [-0.3, -0.25) is 0 Å². The van der Waals surface area contributed by atoms with Gasteiger partial charge in [-0.25, -0.2) is 0 Å². The highest BCUT2D eigenvalue weighted by Gasteiger charge is 2.46. The van der Waals surface area contributed by atoms with Gasteiger partial charge in [0, 0.05) is 32.9 Å². The second kappa shape index (κ2) is 14.0. The van der Waals surface area contributed by atoms with Crippen LogP contribution in [0, 0.1) is 0 Å². The van der Waals surface area contributed by atoms with Gasteiger partial charge in [-0.15, -0.1) is 0 Å². The molecule has 0 bridgehead atoms. The smallest absolute Gasteiger partial charge is 0.180 e. The SMILES string of the molecule is c1ccc(-n2c3ccccc3c3cc(-c4ccc5c(c4)c4ccccc4n5-c4cccc([Si]5(c6ccccc6)c6ccccc6-c6ccccc6-c6ccccc65)c4)ccc32)cc1. The molecule has 0 unspecified atom stereocenters. The van der Waals surface area contributed by atoms with Crippen LogP contribution in [-0.2, 0) is 0 Å². The molecular weight excluding hydrogens is 777 g/mol. The predicted octanol–water partition coefficient (Wildman–Crippen LogP) is 12.6. The number of para-hydroxylation sites is 3. The summed E-state index contributed by atoms with van der Waals surface area (Å²) in [5, 5.41) is 10.6. The standard InChI is InChI=1S/C60H40N2Si/c1-3-18-43(19-4-1)61-55-30-13-9-26-49(55)53-38-41(34-36-57(53)61)42-35-37-58-54(39-42)50-27-10-14-31-56(50)62(58)44-20-17-23-46(40-44)63(45-21-5-2-6-22-45)59-32-15-11-28-51(59)47-24-7-8-25-48(47)52-29-12-16-33-60(52)63/h1-40H. The van der Waals surface area contributed by atoms with Gasteiger partial charge in [0.2, 0.25) is 0 Å². The van der Waals surface area contributed by atoms with Gasteiger partial charge in [0.1, 0.15) is 0 Å². The van der Waals surface area contributed by atoms with Crippen LogP contribution in [0.5, 0.6) is 0 Å². The molecule has 3 heteroatoms. The Morgan fingerprint density at radius 1 is 0.254 bits per heavy atom. The molecule has 0 fully saturated rings. The van der Waals surface area contributed by atoms with Gasteiger partial charge < -0.3 is 9.13 Å². The quantitative estimate of drug-likeness (QED) is 0.153. The summed E-state index contributed by atoms with van der Waals surface area (Å²) in [6.45, 7) is 0. The fourth-order valence-electron chi connectivity index (χ4n) is 11.0. The number of hydrogen-bond acceptors (Lipinski definition) is 0. The van der Waals surface area contributed by atoms with Crippen LogP contribution in [0.15, 0.2) is 243 Å². The lowest BCUT2D eigenvalue weighted by Gasteiger charge is -2.36. The molecular formula is C60H40N2Si. The van der Waals surface area contributed by atoms with E-state index < -0.39 is 8.07 Å². The summed E-state index contributed by atoms with van der Waals surface area (Å²) in [6.07, 6.45) is 0. The second-order valence-corrected chi connectivity index (χ2v) is 20.5. The fraction of sp³-hybridized carbons (Fsp3) is 0. The van der Waals surface area contributed by atoms with Crippen molar-refractivity contribution in [3.63, 3.8) is 0 Å². The van der Waals surface area contributed by atoms with E-state index in [0.29, 0.717) is 0 Å². The number of fused-ring (bicyclic) bond motifs is 11. The Bertz CT molecular complexity index is 3680. The first kappa shape index (κ1) is 35.7. The average Bonchev–Trinajstić information content (AvgIpc) is 3.84. The van der Waals surface area contributed by atoms with Crippen molar-refractivity contribution in [1.29, 1.82) is 0 Å². The van der Waals surface area contributed by atoms with Crippen molar-refractivity contribution >= 4 is 72.4 Å². The zero-order valence-corrected chi connectivity index (χ0v) is 35.5. The van der Waals surface area contributed by atoms with Gasteiger partial charge in [-0.2, -0.15) is 0 Å². The van der Waals surface area contributed by atoms with Crippen molar-refractivity contribution < 1.29 is 0 Å². The van der Waals surface area contributed by atoms with Crippen molar-refractivity contribution in [1.82, 2.24) is 9.13 Å². The number of aromatic nitrogens is 2. The van der Waals surface area contributed by atoms with Crippen LogP contribution in [-0.4, -0.2) is 17.2 Å². The van der Waals surface area contributed by atoms with Crippen LogP contribution in [0.3, 0.4) is 0 Å². The number of rotatable bonds is 5. The van der Waals surface area contributed by atoms with E-state index in [-0.39, 0.29) is 0 Å². The zero-order chi connectivity index (χ0) is 41.5. The zero-order valence-electron chi connectivity index (χ0n) is 34.5. The highest BCUT2D eigenvalue weighted by Crippen LogP contribution is 2.39. The van der Waals surface area contributed by atoms with Crippen LogP contribution < -0.4 is 20.7 Å². The molecule has 2 aromatic heterocycles. The highest BCUT2D eigenvalue weighted by molar-refractivity contribution is 7.21. The lowest BCUT2D eigenvalue weighted by molar-refractivity contribution is 1.18. The Morgan fingerprint density at radius 2 is 0.667 bits per heavy atom. The summed E-state index contributed by atoms with van der Waals surface area (Å²) in [5.74, 6) is 0. The van der Waals surface area contributed by atoms with Crippen LogP contribution in [0.4, 0.5) is 0 Å². The predicted molar refractivity (Wildman–Crippen MR) is 269 cm³/mol. The molecule has 0 radical (unpaired) electrons. The first-order valence-corrected chi connectivity index (χ1v) is 23.8. The average molecular weight is 817 g/mol. The molecule has 1 aliphatic heterocycles. The van der Waals surface area contributed by atoms with Gasteiger partial charge in [0.15, 0.2) is 8.07 Å². The molecule has 3 heterocycles. The van der Waals surface area contributed by atoms with Crippen LogP contribution in [0.1, 0.15) is 0 Å². The van der Waals surface area contributed by atoms with E-state index in [0.717, 1.165) is 0 Å². The molecule has 10 aromatic carbocycles. The number of benzene rings is 10. The van der Waals surface area contributed by atoms with Crippen molar-refractivity contribution in [2.75, 3.05) is 0 Å². The van der Waals surface area contributed by atoms with Crippen LogP contribution >= 0.6 is 0 Å². The molecule has 0 N–H and O–H groups in total. The largest absolute Gasteiger partial charge is 0.309 e. The normalized spacial score (nSPS) is 12.9. The summed E-state index contributed by atoms with van der Waals surface area (Å²) in [5.41, 5.74) is 14.8. The van der Waals surface area contributed by atoms with Gasteiger partial charge in [-0.05, 0) is 115 Å². The molecule has 0 saturated carbocycles. The van der Waals surface area contributed by atoms with Gasteiger partial charge in [-0.1, -0.05) is 182 Å². The molecule has 294 valence electrons. The van der Waals surface area contributed by atoms with Crippen LogP contribution in [0.2, 0.25) is 0 Å². The minimum Gasteiger partial charge on any atom is -0.309 e. The third-order valence-electron chi connectivity index (χ3n) is 13.6. The molecule has 1 aliphatic rings. The third-order valence-corrected chi connectivity index (χ3v) is 18.5.